The smallest absolute Gasteiger partial charge is 0.317 e. The highest BCUT2D eigenvalue weighted by atomic mass is 16.5. The number of carboxylic acids is 1. The minimum absolute atomic E-state index is 0.0206. The largest absolute Gasteiger partial charge is 0.481 e. The van der Waals surface area contributed by atoms with E-state index >= 15 is 0 Å². The molecule has 1 atom stereocenters. The predicted octanol–water partition coefficient (Wildman–Crippen LogP) is 1.70. The summed E-state index contributed by atoms with van der Waals surface area (Å²) in [5.41, 5.74) is 0. The van der Waals surface area contributed by atoms with Gasteiger partial charge in [0.25, 0.3) is 0 Å². The molecule has 6 heteroatoms. The van der Waals surface area contributed by atoms with E-state index in [0.29, 0.717) is 25.6 Å². The molecule has 1 heterocycles. The Hall–Kier alpha value is -1.30. The zero-order valence-corrected chi connectivity index (χ0v) is 12.7. The third-order valence-electron chi connectivity index (χ3n) is 4.48. The topological polar surface area (TPSA) is 78.9 Å². The minimum Gasteiger partial charge on any atom is -0.481 e. The third-order valence-corrected chi connectivity index (χ3v) is 4.48. The molecule has 1 aliphatic carbocycles. The Kier molecular flexibility index (Phi) is 5.85. The third kappa shape index (κ3) is 4.88. The van der Waals surface area contributed by atoms with Crippen molar-refractivity contribution in [3.05, 3.63) is 0 Å². The Morgan fingerprint density at radius 3 is 2.67 bits per heavy atom. The van der Waals surface area contributed by atoms with Gasteiger partial charge in [-0.3, -0.25) is 4.79 Å². The quantitative estimate of drug-likeness (QED) is 0.831. The van der Waals surface area contributed by atoms with Crippen LogP contribution in [0.1, 0.15) is 39.0 Å². The van der Waals surface area contributed by atoms with Gasteiger partial charge in [-0.2, -0.15) is 0 Å². The van der Waals surface area contributed by atoms with Crippen molar-refractivity contribution in [2.75, 3.05) is 26.2 Å². The molecular formula is C15H26N2O4. The van der Waals surface area contributed by atoms with Gasteiger partial charge in [-0.1, -0.05) is 0 Å². The monoisotopic (exact) mass is 298 g/mol. The molecule has 1 aliphatic heterocycles. The highest BCUT2D eigenvalue weighted by Crippen LogP contribution is 2.28. The van der Waals surface area contributed by atoms with Crippen molar-refractivity contribution in [2.24, 2.45) is 11.8 Å². The lowest BCUT2D eigenvalue weighted by atomic mass is 9.82. The summed E-state index contributed by atoms with van der Waals surface area (Å²) in [7, 11) is 0. The summed E-state index contributed by atoms with van der Waals surface area (Å²) in [4.78, 5) is 24.9. The molecule has 0 spiro atoms. The maximum absolute atomic E-state index is 12.2. The maximum atomic E-state index is 12.2. The Morgan fingerprint density at radius 2 is 2.00 bits per heavy atom. The maximum Gasteiger partial charge on any atom is 0.317 e. The Balaban J connectivity index is 1.70. The van der Waals surface area contributed by atoms with Gasteiger partial charge in [-0.05, 0) is 44.9 Å². The minimum atomic E-state index is -0.684. The number of carboxylic acid groups (broad SMARTS) is 1. The number of hydrogen-bond donors (Lipinski definition) is 2. The lowest BCUT2D eigenvalue weighted by Crippen LogP contribution is -2.44. The van der Waals surface area contributed by atoms with Gasteiger partial charge in [0, 0.05) is 26.2 Å². The van der Waals surface area contributed by atoms with Crippen molar-refractivity contribution in [2.45, 2.75) is 45.1 Å². The van der Waals surface area contributed by atoms with E-state index in [1.54, 1.807) is 0 Å². The fourth-order valence-electron chi connectivity index (χ4n) is 3.14. The molecule has 1 unspecified atom stereocenters. The molecule has 6 nitrogen and oxygen atoms in total. The zero-order valence-electron chi connectivity index (χ0n) is 12.7. The summed E-state index contributed by atoms with van der Waals surface area (Å²) in [6.07, 6.45) is 4.19. The van der Waals surface area contributed by atoms with Gasteiger partial charge < -0.3 is 20.1 Å². The van der Waals surface area contributed by atoms with Gasteiger partial charge in [0.15, 0.2) is 0 Å². The first kappa shape index (κ1) is 16.1. The van der Waals surface area contributed by atoms with Crippen LogP contribution in [0.3, 0.4) is 0 Å². The number of nitrogens with zero attached hydrogens (tertiary/aromatic N) is 1. The summed E-state index contributed by atoms with van der Waals surface area (Å²) >= 11 is 0. The van der Waals surface area contributed by atoms with Crippen molar-refractivity contribution in [1.82, 2.24) is 10.2 Å². The SMILES string of the molecule is CC1CN(C(=O)NCC2CCC(C(=O)O)CC2)CCCO1. The van der Waals surface area contributed by atoms with Gasteiger partial charge in [0.05, 0.1) is 12.0 Å². The highest BCUT2D eigenvalue weighted by molar-refractivity contribution is 5.74. The van der Waals surface area contributed by atoms with Crippen molar-refractivity contribution in [3.63, 3.8) is 0 Å². The first-order valence-electron chi connectivity index (χ1n) is 7.93. The molecular weight excluding hydrogens is 272 g/mol. The van der Waals surface area contributed by atoms with Crippen molar-refractivity contribution in [3.8, 4) is 0 Å². The Labute approximate surface area is 125 Å². The predicted molar refractivity (Wildman–Crippen MR) is 78.1 cm³/mol. The van der Waals surface area contributed by atoms with E-state index in [9.17, 15) is 9.59 Å². The average molecular weight is 298 g/mol. The van der Waals surface area contributed by atoms with Gasteiger partial charge in [-0.15, -0.1) is 0 Å². The van der Waals surface area contributed by atoms with Crippen LogP contribution in [-0.4, -0.2) is 54.4 Å². The number of carbonyl (C=O) groups is 2. The van der Waals surface area contributed by atoms with E-state index in [-0.39, 0.29) is 18.1 Å². The van der Waals surface area contributed by atoms with E-state index in [0.717, 1.165) is 38.6 Å². The summed E-state index contributed by atoms with van der Waals surface area (Å²) in [6, 6.07) is -0.0206. The number of hydrogen-bond acceptors (Lipinski definition) is 3. The number of urea groups is 1. The van der Waals surface area contributed by atoms with E-state index < -0.39 is 5.97 Å². The second kappa shape index (κ2) is 7.64. The molecule has 120 valence electrons. The molecule has 0 aromatic carbocycles. The molecule has 1 saturated carbocycles. The van der Waals surface area contributed by atoms with Crippen molar-refractivity contribution in [1.29, 1.82) is 0 Å². The van der Waals surface area contributed by atoms with Gasteiger partial charge in [0.1, 0.15) is 0 Å². The fraction of sp³-hybridized carbons (Fsp3) is 0.867. The standard InChI is InChI=1S/C15H26N2O4/c1-11-10-17(7-2-8-21-11)15(20)16-9-12-3-5-13(6-4-12)14(18)19/h11-13H,2-10H2,1H3,(H,16,20)(H,18,19). The molecule has 2 aliphatic rings. The summed E-state index contributed by atoms with van der Waals surface area (Å²) in [6.45, 7) is 4.72. The van der Waals surface area contributed by atoms with Crippen LogP contribution in [0.5, 0.6) is 0 Å². The van der Waals surface area contributed by atoms with E-state index in [4.69, 9.17) is 9.84 Å². The van der Waals surface area contributed by atoms with Crippen LogP contribution in [0.2, 0.25) is 0 Å². The molecule has 0 aromatic rings. The average Bonchev–Trinajstić information content (AvgIpc) is 2.70. The number of ether oxygens (including phenoxy) is 1. The van der Waals surface area contributed by atoms with Crippen LogP contribution < -0.4 is 5.32 Å². The molecule has 2 rings (SSSR count). The lowest BCUT2D eigenvalue weighted by Gasteiger charge is -2.28. The molecule has 2 N–H and O–H groups in total. The van der Waals surface area contributed by atoms with Crippen molar-refractivity contribution >= 4 is 12.0 Å². The van der Waals surface area contributed by atoms with E-state index in [1.807, 2.05) is 11.8 Å². The molecule has 1 saturated heterocycles. The normalized spacial score (nSPS) is 30.5. The Morgan fingerprint density at radius 1 is 1.29 bits per heavy atom. The van der Waals surface area contributed by atoms with Gasteiger partial charge >= 0.3 is 12.0 Å². The van der Waals surface area contributed by atoms with Crippen LogP contribution in [0.4, 0.5) is 4.79 Å². The molecule has 2 fully saturated rings. The van der Waals surface area contributed by atoms with E-state index in [1.165, 1.54) is 0 Å². The molecule has 21 heavy (non-hydrogen) atoms. The second-order valence-electron chi connectivity index (χ2n) is 6.22. The van der Waals surface area contributed by atoms with Crippen LogP contribution >= 0.6 is 0 Å². The highest BCUT2D eigenvalue weighted by Gasteiger charge is 2.26. The van der Waals surface area contributed by atoms with Gasteiger partial charge in [0.2, 0.25) is 0 Å². The molecule has 0 bridgehead atoms. The summed E-state index contributed by atoms with van der Waals surface area (Å²) < 4.78 is 5.53. The van der Waals surface area contributed by atoms with Crippen LogP contribution in [-0.2, 0) is 9.53 Å². The van der Waals surface area contributed by atoms with Crippen molar-refractivity contribution < 1.29 is 19.4 Å². The number of aliphatic carboxylic acids is 1. The number of carbonyl (C=O) groups excluding carboxylic acids is 1. The van der Waals surface area contributed by atoms with Crippen LogP contribution in [0.25, 0.3) is 0 Å². The van der Waals surface area contributed by atoms with Crippen LogP contribution in [0, 0.1) is 11.8 Å². The molecule has 0 radical (unpaired) electrons. The molecule has 2 amide bonds. The fourth-order valence-corrected chi connectivity index (χ4v) is 3.14. The first-order valence-corrected chi connectivity index (χ1v) is 7.93. The van der Waals surface area contributed by atoms with Gasteiger partial charge in [-0.25, -0.2) is 4.79 Å². The lowest BCUT2D eigenvalue weighted by molar-refractivity contribution is -0.143. The number of amides is 2. The zero-order chi connectivity index (χ0) is 15.2. The second-order valence-corrected chi connectivity index (χ2v) is 6.22. The summed E-state index contributed by atoms with van der Waals surface area (Å²) in [5.74, 6) is -0.471. The number of nitrogens with one attached hydrogen (secondary N) is 1. The molecule has 0 aromatic heterocycles. The van der Waals surface area contributed by atoms with Crippen LogP contribution in [0.15, 0.2) is 0 Å². The summed E-state index contributed by atoms with van der Waals surface area (Å²) in [5, 5.41) is 12.0. The van der Waals surface area contributed by atoms with E-state index in [2.05, 4.69) is 5.32 Å². The Bertz CT molecular complexity index is 367. The number of rotatable bonds is 3. The first-order chi connectivity index (χ1) is 10.1.